The third-order valence-electron chi connectivity index (χ3n) is 5.37. The lowest BCUT2D eigenvalue weighted by molar-refractivity contribution is -0.892. The van der Waals surface area contributed by atoms with E-state index in [4.69, 9.17) is 11.6 Å². The van der Waals surface area contributed by atoms with E-state index >= 15 is 0 Å². The van der Waals surface area contributed by atoms with Crippen LogP contribution in [0.1, 0.15) is 24.0 Å². The molecule has 1 aliphatic heterocycles. The normalized spacial score (nSPS) is 16.2. The monoisotopic (exact) mass is 386 g/mol. The van der Waals surface area contributed by atoms with Gasteiger partial charge in [0.1, 0.15) is 0 Å². The molecule has 0 bridgehead atoms. The van der Waals surface area contributed by atoms with Gasteiger partial charge in [-0.15, -0.1) is 0 Å². The summed E-state index contributed by atoms with van der Waals surface area (Å²) in [6.07, 6.45) is 0. The Morgan fingerprint density at radius 1 is 1.19 bits per heavy atom. The Hall–Kier alpha value is -2.04. The number of amides is 1. The van der Waals surface area contributed by atoms with Gasteiger partial charge in [-0.2, -0.15) is 0 Å². The SMILES string of the molecule is Cc1ccc(Cl)cc1N1CC[NH+](CC(=O)NC[C@@H](C)c2ccccc2)CC1. The standard InChI is InChI=1S/C22H28ClN3O/c1-17-8-9-20(23)14-21(17)26-12-10-25(11-13-26)16-22(27)24-15-18(2)19-6-4-3-5-7-19/h3-9,14,18H,10-13,15-16H2,1-2H3,(H,24,27)/p+1/t18-/m1/s1. The maximum absolute atomic E-state index is 12.3. The van der Waals surface area contributed by atoms with Crippen molar-refractivity contribution in [2.24, 2.45) is 0 Å². The van der Waals surface area contributed by atoms with Gasteiger partial charge in [-0.25, -0.2) is 0 Å². The van der Waals surface area contributed by atoms with Gasteiger partial charge in [0, 0.05) is 17.3 Å². The van der Waals surface area contributed by atoms with Gasteiger partial charge in [-0.05, 0) is 36.1 Å². The Balaban J connectivity index is 1.43. The van der Waals surface area contributed by atoms with E-state index in [1.165, 1.54) is 21.7 Å². The first-order valence-corrected chi connectivity index (χ1v) is 10.1. The van der Waals surface area contributed by atoms with Gasteiger partial charge < -0.3 is 15.1 Å². The van der Waals surface area contributed by atoms with Gasteiger partial charge in [0.25, 0.3) is 5.91 Å². The summed E-state index contributed by atoms with van der Waals surface area (Å²) in [6.45, 7) is 9.32. The van der Waals surface area contributed by atoms with E-state index in [-0.39, 0.29) is 5.91 Å². The zero-order valence-corrected chi connectivity index (χ0v) is 16.9. The number of piperazine rings is 1. The van der Waals surface area contributed by atoms with Crippen molar-refractivity contribution in [1.29, 1.82) is 0 Å². The summed E-state index contributed by atoms with van der Waals surface area (Å²) in [5, 5.41) is 3.87. The van der Waals surface area contributed by atoms with Crippen LogP contribution in [-0.2, 0) is 4.79 Å². The molecule has 0 aromatic heterocycles. The Labute approximate surface area is 167 Å². The molecule has 1 aliphatic rings. The number of aryl methyl sites for hydroxylation is 1. The van der Waals surface area contributed by atoms with Crippen LogP contribution < -0.4 is 15.1 Å². The van der Waals surface area contributed by atoms with E-state index in [1.54, 1.807) is 0 Å². The molecule has 1 atom stereocenters. The predicted octanol–water partition coefficient (Wildman–Crippen LogP) is 2.27. The number of benzene rings is 2. The van der Waals surface area contributed by atoms with Crippen molar-refractivity contribution in [3.8, 4) is 0 Å². The van der Waals surface area contributed by atoms with Crippen LogP contribution >= 0.6 is 11.6 Å². The van der Waals surface area contributed by atoms with E-state index in [0.717, 1.165) is 31.2 Å². The molecule has 1 amide bonds. The number of halogens is 1. The number of rotatable bonds is 6. The number of hydrogen-bond donors (Lipinski definition) is 2. The van der Waals surface area contributed by atoms with Crippen LogP contribution in [-0.4, -0.2) is 45.2 Å². The minimum absolute atomic E-state index is 0.139. The molecule has 1 saturated heterocycles. The van der Waals surface area contributed by atoms with Crippen molar-refractivity contribution >= 4 is 23.2 Å². The molecule has 2 aromatic rings. The highest BCUT2D eigenvalue weighted by molar-refractivity contribution is 6.30. The smallest absolute Gasteiger partial charge is 0.275 e. The summed E-state index contributed by atoms with van der Waals surface area (Å²) in [7, 11) is 0. The van der Waals surface area contributed by atoms with Gasteiger partial charge in [-0.1, -0.05) is 54.9 Å². The molecule has 27 heavy (non-hydrogen) atoms. The molecular weight excluding hydrogens is 358 g/mol. The van der Waals surface area contributed by atoms with Gasteiger partial charge in [0.15, 0.2) is 6.54 Å². The minimum atomic E-state index is 0.139. The number of quaternary nitrogens is 1. The molecule has 0 aliphatic carbocycles. The Bertz CT molecular complexity index is 757. The van der Waals surface area contributed by atoms with Crippen molar-refractivity contribution < 1.29 is 9.69 Å². The number of anilines is 1. The zero-order valence-electron chi connectivity index (χ0n) is 16.2. The molecule has 3 rings (SSSR count). The van der Waals surface area contributed by atoms with Gasteiger partial charge in [0.2, 0.25) is 0 Å². The second-order valence-electron chi connectivity index (χ2n) is 7.46. The van der Waals surface area contributed by atoms with Crippen LogP contribution in [0.15, 0.2) is 48.5 Å². The fourth-order valence-electron chi connectivity index (χ4n) is 3.62. The van der Waals surface area contributed by atoms with Crippen LogP contribution in [0.4, 0.5) is 5.69 Å². The Kier molecular flexibility index (Phi) is 6.75. The topological polar surface area (TPSA) is 36.8 Å². The van der Waals surface area contributed by atoms with E-state index in [0.29, 0.717) is 19.0 Å². The van der Waals surface area contributed by atoms with Crippen molar-refractivity contribution in [2.45, 2.75) is 19.8 Å². The van der Waals surface area contributed by atoms with Gasteiger partial charge >= 0.3 is 0 Å². The molecular formula is C22H29ClN3O+. The quantitative estimate of drug-likeness (QED) is 0.799. The molecule has 5 heteroatoms. The fourth-order valence-corrected chi connectivity index (χ4v) is 3.79. The molecule has 1 fully saturated rings. The largest absolute Gasteiger partial charge is 0.360 e. The number of hydrogen-bond acceptors (Lipinski definition) is 2. The summed E-state index contributed by atoms with van der Waals surface area (Å²) in [5.74, 6) is 0.466. The number of nitrogens with one attached hydrogen (secondary N) is 2. The molecule has 2 aromatic carbocycles. The highest BCUT2D eigenvalue weighted by Crippen LogP contribution is 2.24. The molecule has 0 unspecified atom stereocenters. The van der Waals surface area contributed by atoms with Crippen LogP contribution in [0.25, 0.3) is 0 Å². The summed E-state index contributed by atoms with van der Waals surface area (Å²) >= 11 is 6.15. The summed E-state index contributed by atoms with van der Waals surface area (Å²) in [4.78, 5) is 16.1. The first kappa shape index (κ1) is 19.7. The average Bonchev–Trinajstić information content (AvgIpc) is 2.69. The molecule has 0 radical (unpaired) electrons. The Morgan fingerprint density at radius 3 is 2.59 bits per heavy atom. The fraction of sp³-hybridized carbons (Fsp3) is 0.409. The highest BCUT2D eigenvalue weighted by atomic mass is 35.5. The lowest BCUT2D eigenvalue weighted by Crippen LogP contribution is -3.16. The number of nitrogens with zero attached hydrogens (tertiary/aromatic N) is 1. The lowest BCUT2D eigenvalue weighted by atomic mass is 10.0. The van der Waals surface area contributed by atoms with Gasteiger partial charge in [-0.3, -0.25) is 4.79 Å². The third-order valence-corrected chi connectivity index (χ3v) is 5.60. The molecule has 4 nitrogen and oxygen atoms in total. The minimum Gasteiger partial charge on any atom is -0.360 e. The van der Waals surface area contributed by atoms with E-state index in [1.807, 2.05) is 30.3 Å². The van der Waals surface area contributed by atoms with Crippen LogP contribution in [0.5, 0.6) is 0 Å². The first-order valence-electron chi connectivity index (χ1n) is 9.69. The maximum atomic E-state index is 12.3. The van der Waals surface area contributed by atoms with E-state index in [2.05, 4.69) is 42.3 Å². The molecule has 0 saturated carbocycles. The Morgan fingerprint density at radius 2 is 1.89 bits per heavy atom. The van der Waals surface area contributed by atoms with Crippen LogP contribution in [0.3, 0.4) is 0 Å². The second-order valence-corrected chi connectivity index (χ2v) is 7.90. The van der Waals surface area contributed by atoms with Crippen molar-refractivity contribution in [1.82, 2.24) is 5.32 Å². The van der Waals surface area contributed by atoms with Gasteiger partial charge in [0.05, 0.1) is 26.2 Å². The molecule has 0 spiro atoms. The van der Waals surface area contributed by atoms with Crippen molar-refractivity contribution in [3.63, 3.8) is 0 Å². The summed E-state index contributed by atoms with van der Waals surface area (Å²) in [5.41, 5.74) is 3.72. The van der Waals surface area contributed by atoms with E-state index in [9.17, 15) is 4.79 Å². The average molecular weight is 387 g/mol. The molecule has 1 heterocycles. The maximum Gasteiger partial charge on any atom is 0.275 e. The zero-order chi connectivity index (χ0) is 19.2. The highest BCUT2D eigenvalue weighted by Gasteiger charge is 2.23. The van der Waals surface area contributed by atoms with Crippen LogP contribution in [0, 0.1) is 6.92 Å². The second kappa shape index (κ2) is 9.25. The van der Waals surface area contributed by atoms with E-state index < -0.39 is 0 Å². The number of carbonyl (C=O) groups excluding carboxylic acids is 1. The predicted molar refractivity (Wildman–Crippen MR) is 112 cm³/mol. The van der Waals surface area contributed by atoms with Crippen molar-refractivity contribution in [3.05, 3.63) is 64.7 Å². The first-order chi connectivity index (χ1) is 13.0. The molecule has 2 N–H and O–H groups in total. The molecule has 144 valence electrons. The number of carbonyl (C=O) groups is 1. The van der Waals surface area contributed by atoms with Crippen LogP contribution in [0.2, 0.25) is 5.02 Å². The lowest BCUT2D eigenvalue weighted by Gasteiger charge is -2.34. The summed E-state index contributed by atoms with van der Waals surface area (Å²) < 4.78 is 0. The van der Waals surface area contributed by atoms with Crippen molar-refractivity contribution in [2.75, 3.05) is 44.2 Å². The third kappa shape index (κ3) is 5.47. The summed E-state index contributed by atoms with van der Waals surface area (Å²) in [6, 6.07) is 16.4.